The number of phenolic OH excluding ortho intramolecular Hbond substituents is 3. The van der Waals surface area contributed by atoms with Gasteiger partial charge in [0.2, 0.25) is 11.2 Å². The molecule has 0 aliphatic heterocycles. The van der Waals surface area contributed by atoms with Gasteiger partial charge in [-0.05, 0) is 38.5 Å². The maximum atomic E-state index is 12.8. The van der Waals surface area contributed by atoms with Crippen molar-refractivity contribution in [1.82, 2.24) is 0 Å². The van der Waals surface area contributed by atoms with Crippen molar-refractivity contribution in [3.05, 3.63) is 45.6 Å². The fourth-order valence-electron chi connectivity index (χ4n) is 2.72. The van der Waals surface area contributed by atoms with E-state index in [-0.39, 0.29) is 33.4 Å². The van der Waals surface area contributed by atoms with Crippen LogP contribution in [0.25, 0.3) is 21.9 Å². The van der Waals surface area contributed by atoms with E-state index in [2.05, 4.69) is 0 Å². The summed E-state index contributed by atoms with van der Waals surface area (Å²) in [6, 6.07) is 4.11. The van der Waals surface area contributed by atoms with Gasteiger partial charge in [-0.15, -0.1) is 0 Å². The molecule has 3 rings (SSSR count). The van der Waals surface area contributed by atoms with E-state index in [0.29, 0.717) is 12.0 Å². The maximum Gasteiger partial charge on any atom is 0.204 e. The molecule has 0 aliphatic carbocycles. The van der Waals surface area contributed by atoms with Crippen LogP contribution < -0.4 is 10.2 Å². The summed E-state index contributed by atoms with van der Waals surface area (Å²) in [5.74, 6) is -0.986. The second-order valence-corrected chi connectivity index (χ2v) is 6.02. The molecule has 0 atom stereocenters. The minimum absolute atomic E-state index is 0.0567. The zero-order chi connectivity index (χ0) is 18.3. The van der Waals surface area contributed by atoms with E-state index in [1.807, 2.05) is 19.9 Å². The number of aromatic hydroxyl groups is 3. The molecule has 0 amide bonds. The molecule has 0 radical (unpaired) electrons. The number of benzene rings is 2. The summed E-state index contributed by atoms with van der Waals surface area (Å²) < 4.78 is 10.9. The van der Waals surface area contributed by atoms with Crippen molar-refractivity contribution in [3.63, 3.8) is 0 Å². The molecule has 0 bridgehead atoms. The summed E-state index contributed by atoms with van der Waals surface area (Å²) in [7, 11) is 1.37. The molecule has 0 saturated heterocycles. The quantitative estimate of drug-likeness (QED) is 0.382. The molecule has 3 aromatic rings. The predicted octanol–water partition coefficient (Wildman–Crippen LogP) is 3.58. The Morgan fingerprint density at radius 3 is 2.56 bits per heavy atom. The average Bonchev–Trinajstić information content (AvgIpc) is 2.57. The van der Waals surface area contributed by atoms with Crippen molar-refractivity contribution < 1.29 is 24.5 Å². The van der Waals surface area contributed by atoms with Crippen LogP contribution in [-0.4, -0.2) is 22.4 Å². The SMILES string of the molecule is COc1c(O)c(CC=C(C)C)cc2c(=O)c3c(O)c(O)ccc3oc12. The van der Waals surface area contributed by atoms with Crippen LogP contribution in [0.3, 0.4) is 0 Å². The molecule has 3 N–H and O–H groups in total. The van der Waals surface area contributed by atoms with Crippen LogP contribution >= 0.6 is 0 Å². The van der Waals surface area contributed by atoms with Crippen LogP contribution in [0.15, 0.2) is 39.1 Å². The number of methoxy groups -OCH3 is 1. The van der Waals surface area contributed by atoms with E-state index < -0.39 is 16.9 Å². The Bertz CT molecular complexity index is 1070. The molecule has 0 spiro atoms. The molecule has 6 heteroatoms. The van der Waals surface area contributed by atoms with Gasteiger partial charge in [0.25, 0.3) is 0 Å². The molecule has 6 nitrogen and oxygen atoms in total. The highest BCUT2D eigenvalue weighted by atomic mass is 16.5. The predicted molar refractivity (Wildman–Crippen MR) is 94.7 cm³/mol. The smallest absolute Gasteiger partial charge is 0.204 e. The summed E-state index contributed by atoms with van der Waals surface area (Å²) in [4.78, 5) is 12.8. The standard InChI is InChI=1S/C19H18O6/c1-9(2)4-5-10-8-11-16(22)14-13(7-6-12(20)17(14)23)25-18(11)19(24-3)15(10)21/h4,6-8,20-21,23H,5H2,1-3H3. The van der Waals surface area contributed by atoms with Gasteiger partial charge in [-0.1, -0.05) is 11.6 Å². The minimum Gasteiger partial charge on any atom is -0.504 e. The number of hydrogen-bond donors (Lipinski definition) is 3. The number of ether oxygens (including phenoxy) is 1. The second kappa shape index (κ2) is 6.05. The lowest BCUT2D eigenvalue weighted by molar-refractivity contribution is 0.369. The van der Waals surface area contributed by atoms with Crippen LogP contribution in [-0.2, 0) is 6.42 Å². The van der Waals surface area contributed by atoms with Crippen molar-refractivity contribution in [3.8, 4) is 23.0 Å². The van der Waals surface area contributed by atoms with Crippen molar-refractivity contribution in [2.45, 2.75) is 20.3 Å². The molecule has 2 aromatic carbocycles. The zero-order valence-corrected chi connectivity index (χ0v) is 14.1. The van der Waals surface area contributed by atoms with Crippen LogP contribution in [0.2, 0.25) is 0 Å². The first-order chi connectivity index (χ1) is 11.8. The number of phenols is 3. The number of rotatable bonds is 3. The Balaban J connectivity index is 2.45. The maximum absolute atomic E-state index is 12.8. The van der Waals surface area contributed by atoms with Crippen LogP contribution in [0.5, 0.6) is 23.0 Å². The highest BCUT2D eigenvalue weighted by Gasteiger charge is 2.21. The first-order valence-corrected chi connectivity index (χ1v) is 7.68. The average molecular weight is 342 g/mol. The van der Waals surface area contributed by atoms with Gasteiger partial charge in [-0.2, -0.15) is 0 Å². The Morgan fingerprint density at radius 1 is 1.20 bits per heavy atom. The van der Waals surface area contributed by atoms with E-state index in [1.54, 1.807) is 0 Å². The fraction of sp³-hybridized carbons (Fsp3) is 0.211. The lowest BCUT2D eigenvalue weighted by Crippen LogP contribution is -2.05. The molecular weight excluding hydrogens is 324 g/mol. The number of allylic oxidation sites excluding steroid dienone is 2. The van der Waals surface area contributed by atoms with Gasteiger partial charge in [0.1, 0.15) is 11.0 Å². The number of hydrogen-bond acceptors (Lipinski definition) is 6. The van der Waals surface area contributed by atoms with Gasteiger partial charge in [0.15, 0.2) is 22.8 Å². The molecule has 0 aliphatic rings. The lowest BCUT2D eigenvalue weighted by atomic mass is 10.0. The molecule has 1 heterocycles. The number of fused-ring (bicyclic) bond motifs is 2. The van der Waals surface area contributed by atoms with Gasteiger partial charge in [0.05, 0.1) is 12.5 Å². The normalized spacial score (nSPS) is 11.0. The van der Waals surface area contributed by atoms with E-state index in [4.69, 9.17) is 9.15 Å². The van der Waals surface area contributed by atoms with E-state index in [1.165, 1.54) is 25.3 Å². The monoisotopic (exact) mass is 342 g/mol. The third kappa shape index (κ3) is 2.65. The molecule has 25 heavy (non-hydrogen) atoms. The molecule has 0 fully saturated rings. The van der Waals surface area contributed by atoms with Crippen molar-refractivity contribution in [2.24, 2.45) is 0 Å². The largest absolute Gasteiger partial charge is 0.504 e. The Kier molecular flexibility index (Phi) is 4.04. The molecule has 1 aromatic heterocycles. The third-order valence-corrected chi connectivity index (χ3v) is 4.03. The summed E-state index contributed by atoms with van der Waals surface area (Å²) >= 11 is 0. The van der Waals surface area contributed by atoms with E-state index in [9.17, 15) is 20.1 Å². The van der Waals surface area contributed by atoms with Crippen molar-refractivity contribution in [2.75, 3.05) is 7.11 Å². The Labute approximate surface area is 143 Å². The Hall–Kier alpha value is -3.15. The molecular formula is C19H18O6. The van der Waals surface area contributed by atoms with Gasteiger partial charge < -0.3 is 24.5 Å². The third-order valence-electron chi connectivity index (χ3n) is 4.03. The van der Waals surface area contributed by atoms with Gasteiger partial charge in [-0.25, -0.2) is 0 Å². The first kappa shape index (κ1) is 16.7. The highest BCUT2D eigenvalue weighted by molar-refractivity contribution is 5.97. The Morgan fingerprint density at radius 2 is 1.92 bits per heavy atom. The van der Waals surface area contributed by atoms with E-state index in [0.717, 1.165) is 5.57 Å². The molecule has 130 valence electrons. The zero-order valence-electron chi connectivity index (χ0n) is 14.1. The first-order valence-electron chi connectivity index (χ1n) is 7.68. The summed E-state index contributed by atoms with van der Waals surface area (Å²) in [5, 5.41) is 30.2. The van der Waals surface area contributed by atoms with Crippen LogP contribution in [0.1, 0.15) is 19.4 Å². The van der Waals surface area contributed by atoms with Crippen LogP contribution in [0.4, 0.5) is 0 Å². The van der Waals surface area contributed by atoms with Crippen molar-refractivity contribution >= 4 is 21.9 Å². The highest BCUT2D eigenvalue weighted by Crippen LogP contribution is 2.40. The van der Waals surface area contributed by atoms with Crippen molar-refractivity contribution in [1.29, 1.82) is 0 Å². The van der Waals surface area contributed by atoms with Gasteiger partial charge >= 0.3 is 0 Å². The fourth-order valence-corrected chi connectivity index (χ4v) is 2.72. The van der Waals surface area contributed by atoms with Crippen LogP contribution in [0, 0.1) is 0 Å². The van der Waals surface area contributed by atoms with Gasteiger partial charge in [-0.3, -0.25) is 4.79 Å². The minimum atomic E-state index is -0.536. The molecule has 0 unspecified atom stereocenters. The topological polar surface area (TPSA) is 100 Å². The summed E-state index contributed by atoms with van der Waals surface area (Å²) in [5.41, 5.74) is 1.22. The lowest BCUT2D eigenvalue weighted by Gasteiger charge is -2.12. The van der Waals surface area contributed by atoms with E-state index >= 15 is 0 Å². The summed E-state index contributed by atoms with van der Waals surface area (Å²) in [6.45, 7) is 3.86. The molecule has 0 saturated carbocycles. The van der Waals surface area contributed by atoms with Gasteiger partial charge in [0, 0.05) is 5.56 Å². The second-order valence-electron chi connectivity index (χ2n) is 6.02. The summed E-state index contributed by atoms with van der Waals surface area (Å²) in [6.07, 6.45) is 2.32.